The minimum absolute atomic E-state index is 0.0252. The zero-order valence-electron chi connectivity index (χ0n) is 19.9. The smallest absolute Gasteiger partial charge is 0.534 e. The monoisotopic (exact) mass is 471 g/mol. The summed E-state index contributed by atoms with van der Waals surface area (Å²) in [5.74, 6) is -1.23. The molecule has 1 amide bonds. The van der Waals surface area contributed by atoms with Crippen LogP contribution in [0.1, 0.15) is 80.1 Å². The Balaban J connectivity index is 1.19. The van der Waals surface area contributed by atoms with Crippen molar-refractivity contribution in [3.8, 4) is 5.75 Å². The molecule has 0 spiro atoms. The van der Waals surface area contributed by atoms with Gasteiger partial charge in [0.25, 0.3) is 0 Å². The second-order valence-corrected chi connectivity index (χ2v) is 10.2. The minimum atomic E-state index is -1.27. The average Bonchev–Trinajstić information content (AvgIpc) is 3.23. The molecule has 1 aliphatic heterocycles. The van der Waals surface area contributed by atoms with Gasteiger partial charge < -0.3 is 30.7 Å². The van der Waals surface area contributed by atoms with Crippen molar-refractivity contribution in [1.82, 2.24) is 16.0 Å². The first-order valence-electron chi connectivity index (χ1n) is 13.0. The summed E-state index contributed by atoms with van der Waals surface area (Å²) in [5, 5.41) is 30.0. The highest BCUT2D eigenvalue weighted by molar-refractivity contribution is 6.47. The van der Waals surface area contributed by atoms with Crippen molar-refractivity contribution in [2.45, 2.75) is 88.7 Å². The molecule has 9 heteroatoms. The number of benzene rings is 1. The molecule has 4 rings (SSSR count). The van der Waals surface area contributed by atoms with Gasteiger partial charge in [-0.25, -0.2) is 4.79 Å². The Labute approximate surface area is 202 Å². The van der Waals surface area contributed by atoms with Gasteiger partial charge in [-0.1, -0.05) is 31.4 Å². The van der Waals surface area contributed by atoms with Crippen molar-refractivity contribution in [2.75, 3.05) is 13.1 Å². The van der Waals surface area contributed by atoms with Crippen LogP contribution in [0, 0.1) is 5.92 Å². The predicted octanol–water partition coefficient (Wildman–Crippen LogP) is 2.28. The lowest BCUT2D eigenvalue weighted by molar-refractivity contribution is -0.122. The second kappa shape index (κ2) is 12.0. The zero-order valence-corrected chi connectivity index (χ0v) is 19.9. The largest absolute Gasteiger partial charge is 0.547 e. The lowest BCUT2D eigenvalue weighted by atomic mass is 9.72. The molecule has 2 saturated carbocycles. The van der Waals surface area contributed by atoms with Crippen molar-refractivity contribution in [2.24, 2.45) is 5.92 Å². The molecule has 0 bridgehead atoms. The van der Waals surface area contributed by atoms with Crippen LogP contribution in [0.15, 0.2) is 18.2 Å². The Morgan fingerprint density at radius 2 is 1.68 bits per heavy atom. The maximum Gasteiger partial charge on any atom is 0.547 e. The fourth-order valence-corrected chi connectivity index (χ4v) is 5.71. The quantitative estimate of drug-likeness (QED) is 0.213. The number of carbonyl (C=O) groups excluding carboxylic acids is 1. The molecular weight excluding hydrogens is 433 g/mol. The number of carbonyl (C=O) groups is 2. The van der Waals surface area contributed by atoms with Gasteiger partial charge in [-0.15, -0.1) is 0 Å². The third-order valence-corrected chi connectivity index (χ3v) is 7.60. The molecule has 1 aromatic carbocycles. The molecule has 3 aliphatic rings. The van der Waals surface area contributed by atoms with Crippen molar-refractivity contribution in [1.29, 1.82) is 0 Å². The van der Waals surface area contributed by atoms with Crippen LogP contribution in [0.25, 0.3) is 0 Å². The van der Waals surface area contributed by atoms with E-state index in [1.165, 1.54) is 31.7 Å². The highest BCUT2D eigenvalue weighted by Gasteiger charge is 2.38. The Morgan fingerprint density at radius 3 is 2.41 bits per heavy atom. The van der Waals surface area contributed by atoms with Gasteiger partial charge in [0.05, 0.1) is 11.5 Å². The molecule has 0 radical (unpaired) electrons. The number of rotatable bonds is 9. The normalized spacial score (nSPS) is 25.3. The summed E-state index contributed by atoms with van der Waals surface area (Å²) >= 11 is 0. The first-order valence-corrected chi connectivity index (χ1v) is 13.0. The number of para-hydroxylation sites is 1. The third-order valence-electron chi connectivity index (χ3n) is 7.60. The summed E-state index contributed by atoms with van der Waals surface area (Å²) in [4.78, 5) is 24.1. The molecule has 0 saturated heterocycles. The van der Waals surface area contributed by atoms with Gasteiger partial charge in [0.1, 0.15) is 5.75 Å². The highest BCUT2D eigenvalue weighted by atomic mass is 16.5. The minimum Gasteiger partial charge on any atom is -0.534 e. The fraction of sp³-hybridized carbons (Fsp3) is 0.680. The van der Waals surface area contributed by atoms with E-state index >= 15 is 0 Å². The van der Waals surface area contributed by atoms with E-state index in [4.69, 9.17) is 4.65 Å². The summed E-state index contributed by atoms with van der Waals surface area (Å²) in [6, 6.07) is 6.11. The predicted molar refractivity (Wildman–Crippen MR) is 131 cm³/mol. The summed E-state index contributed by atoms with van der Waals surface area (Å²) in [5.41, 5.74) is 0.707. The summed E-state index contributed by atoms with van der Waals surface area (Å²) in [6.07, 6.45) is 11.5. The van der Waals surface area contributed by atoms with Gasteiger partial charge in [0.2, 0.25) is 5.91 Å². The van der Waals surface area contributed by atoms with E-state index in [1.54, 1.807) is 12.1 Å². The van der Waals surface area contributed by atoms with Crippen molar-refractivity contribution in [3.63, 3.8) is 0 Å². The molecule has 1 aromatic rings. The Hall–Kier alpha value is -2.10. The number of nitrogens with one attached hydrogen (secondary N) is 3. The summed E-state index contributed by atoms with van der Waals surface area (Å²) in [6.45, 7) is 2.02. The molecule has 34 heavy (non-hydrogen) atoms. The maximum atomic E-state index is 12.7. The van der Waals surface area contributed by atoms with E-state index < -0.39 is 19.0 Å². The number of carboxylic acid groups (broad SMARTS) is 1. The molecule has 5 N–H and O–H groups in total. The number of hydrogen-bond donors (Lipinski definition) is 5. The number of aromatic carboxylic acids is 1. The second-order valence-electron chi connectivity index (χ2n) is 10.2. The zero-order chi connectivity index (χ0) is 23.9. The van der Waals surface area contributed by atoms with Crippen LogP contribution in [0.4, 0.5) is 0 Å². The third kappa shape index (κ3) is 6.74. The molecule has 1 heterocycles. The molecule has 0 aromatic heterocycles. The maximum absolute atomic E-state index is 12.7. The topological polar surface area (TPSA) is 120 Å². The van der Waals surface area contributed by atoms with Gasteiger partial charge in [0, 0.05) is 31.6 Å². The van der Waals surface area contributed by atoms with E-state index in [0.29, 0.717) is 36.4 Å². The molecule has 2 fully saturated rings. The number of fused-ring (bicyclic) bond motifs is 1. The first kappa shape index (κ1) is 25.0. The summed E-state index contributed by atoms with van der Waals surface area (Å²) < 4.78 is 5.49. The number of carboxylic acids is 1. The van der Waals surface area contributed by atoms with E-state index in [9.17, 15) is 19.7 Å². The van der Waals surface area contributed by atoms with Crippen LogP contribution in [0.2, 0.25) is 0 Å². The van der Waals surface area contributed by atoms with Crippen LogP contribution < -0.4 is 20.6 Å². The Kier molecular flexibility index (Phi) is 8.86. The van der Waals surface area contributed by atoms with Gasteiger partial charge >= 0.3 is 13.1 Å². The molecule has 2 aliphatic carbocycles. The van der Waals surface area contributed by atoms with Crippen LogP contribution in [-0.2, 0) is 11.2 Å². The van der Waals surface area contributed by atoms with E-state index in [1.807, 2.05) is 0 Å². The van der Waals surface area contributed by atoms with Crippen LogP contribution in [0.5, 0.6) is 5.75 Å². The van der Waals surface area contributed by atoms with Gasteiger partial charge in [-0.05, 0) is 62.5 Å². The Bertz CT molecular complexity index is 848. The lowest BCUT2D eigenvalue weighted by Crippen LogP contribution is -2.53. The van der Waals surface area contributed by atoms with Gasteiger partial charge in [-0.2, -0.15) is 0 Å². The average molecular weight is 471 g/mol. The van der Waals surface area contributed by atoms with E-state index in [-0.39, 0.29) is 17.2 Å². The number of hydrogen-bond acceptors (Lipinski definition) is 6. The van der Waals surface area contributed by atoms with Crippen LogP contribution in [-0.4, -0.2) is 60.2 Å². The standard InChI is InChI=1S/C25H38BN3O5/c30-23(29-22-16-18-6-4-10-21(25(31)32)24(18)34-26(22)33)15-17-5-3-9-20(12-11-17)28-14-13-27-19-7-1-2-8-19/h4,6,10,17,19-20,22,27-28,33H,1-3,5,7-9,11-16H2,(H,29,30)(H,31,32)/t17?,20?,22-/m0/s1. The Morgan fingerprint density at radius 1 is 0.971 bits per heavy atom. The van der Waals surface area contributed by atoms with Crippen molar-refractivity contribution >= 4 is 19.0 Å². The number of amides is 1. The molecule has 3 atom stereocenters. The van der Waals surface area contributed by atoms with E-state index in [2.05, 4.69) is 16.0 Å². The highest BCUT2D eigenvalue weighted by Crippen LogP contribution is 2.30. The SMILES string of the molecule is O=C(CC1CCCC(NCCNC2CCCC2)CC1)N[C@H]1Cc2cccc(C(=O)O)c2OB1O. The lowest BCUT2D eigenvalue weighted by Gasteiger charge is -2.29. The molecule has 8 nitrogen and oxygen atoms in total. The van der Waals surface area contributed by atoms with E-state index in [0.717, 1.165) is 45.2 Å². The molecule has 186 valence electrons. The fourth-order valence-electron chi connectivity index (χ4n) is 5.71. The summed E-state index contributed by atoms with van der Waals surface area (Å²) in [7, 11) is -1.27. The van der Waals surface area contributed by atoms with Gasteiger partial charge in [0.15, 0.2) is 0 Å². The molecular formula is C25H38BN3O5. The first-order chi connectivity index (χ1) is 16.5. The van der Waals surface area contributed by atoms with Crippen LogP contribution in [0.3, 0.4) is 0 Å². The van der Waals surface area contributed by atoms with Crippen molar-refractivity contribution < 1.29 is 24.4 Å². The molecule has 2 unspecified atom stereocenters. The van der Waals surface area contributed by atoms with Crippen molar-refractivity contribution in [3.05, 3.63) is 29.3 Å². The van der Waals surface area contributed by atoms with Gasteiger partial charge in [-0.3, -0.25) is 4.79 Å². The van der Waals surface area contributed by atoms with Crippen LogP contribution >= 0.6 is 0 Å².